The summed E-state index contributed by atoms with van der Waals surface area (Å²) in [4.78, 5) is 25.5. The Kier molecular flexibility index (Phi) is 14.6. The van der Waals surface area contributed by atoms with Gasteiger partial charge in [0.15, 0.2) is 24.0 Å². The molecule has 0 saturated carbocycles. The number of hydrogen-bond acceptors (Lipinski definition) is 19. The maximum absolute atomic E-state index is 14.1. The SMILES string of the molecule is CC(C)OC(=O)[C@H](C)CP(=O)(CO[C@H](C)Cn1cnc2c(N[C@@H]3O[C@H](CO)[C@@H](O[C@@H]4O[C@H](CO)[C@H](O)[C@H](O)[C@H]4O)[C@H](O)[C@H]3O)ncnc21)Oc1ccccc1. The van der Waals surface area contributed by atoms with Crippen LogP contribution in [0, 0.1) is 5.92 Å². The van der Waals surface area contributed by atoms with Crippen LogP contribution in [-0.4, -0.2) is 161 Å². The smallest absolute Gasteiger partial charge is 0.309 e. The molecule has 4 heterocycles. The van der Waals surface area contributed by atoms with E-state index in [4.69, 9.17) is 28.2 Å². The molecule has 0 amide bonds. The Hall–Kier alpha value is -3.37. The minimum atomic E-state index is -3.58. The molecular formula is C34H50N5O15P. The molecule has 306 valence electrons. The average Bonchev–Trinajstić information content (AvgIpc) is 3.57. The Balaban J connectivity index is 1.24. The lowest BCUT2D eigenvalue weighted by Gasteiger charge is -2.46. The predicted molar refractivity (Wildman–Crippen MR) is 191 cm³/mol. The van der Waals surface area contributed by atoms with Gasteiger partial charge in [-0.15, -0.1) is 0 Å². The van der Waals surface area contributed by atoms with E-state index in [9.17, 15) is 45.1 Å². The Bertz CT molecular complexity index is 1730. The van der Waals surface area contributed by atoms with Crippen LogP contribution in [0.15, 0.2) is 43.0 Å². The normalized spacial score (nSPS) is 30.8. The molecule has 3 aromatic rings. The number of rotatable bonds is 17. The molecule has 8 N–H and O–H groups in total. The maximum Gasteiger partial charge on any atom is 0.309 e. The third-order valence-corrected chi connectivity index (χ3v) is 11.2. The summed E-state index contributed by atoms with van der Waals surface area (Å²) in [6.07, 6.45) is -14.4. The van der Waals surface area contributed by atoms with Crippen LogP contribution in [0.4, 0.5) is 5.82 Å². The Morgan fingerprint density at radius 1 is 0.909 bits per heavy atom. The predicted octanol–water partition coefficient (Wildman–Crippen LogP) is -0.830. The van der Waals surface area contributed by atoms with Crippen molar-refractivity contribution in [3.8, 4) is 5.75 Å². The van der Waals surface area contributed by atoms with Gasteiger partial charge in [0.05, 0.1) is 50.4 Å². The van der Waals surface area contributed by atoms with E-state index >= 15 is 0 Å². The monoisotopic (exact) mass is 799 g/mol. The molecule has 0 aliphatic carbocycles. The number of imidazole rings is 1. The number of hydrogen-bond donors (Lipinski definition) is 8. The van der Waals surface area contributed by atoms with E-state index in [0.29, 0.717) is 11.4 Å². The quantitative estimate of drug-likeness (QED) is 0.0611. The second-order valence-electron chi connectivity index (χ2n) is 13.9. The van der Waals surface area contributed by atoms with Gasteiger partial charge in [0.2, 0.25) is 0 Å². The molecule has 2 aliphatic rings. The van der Waals surface area contributed by atoms with E-state index in [2.05, 4.69) is 20.3 Å². The number of para-hydroxylation sites is 1. The maximum atomic E-state index is 14.1. The van der Waals surface area contributed by atoms with Crippen molar-refractivity contribution in [2.45, 2.75) is 108 Å². The lowest BCUT2D eigenvalue weighted by atomic mass is 9.96. The van der Waals surface area contributed by atoms with Gasteiger partial charge in [-0.25, -0.2) is 15.0 Å². The first kappa shape index (κ1) is 42.8. The summed E-state index contributed by atoms with van der Waals surface area (Å²) in [7, 11) is -3.58. The number of esters is 1. The molecule has 0 radical (unpaired) electrons. The molecule has 5 rings (SSSR count). The van der Waals surface area contributed by atoms with Crippen LogP contribution in [-0.2, 0) is 39.6 Å². The second-order valence-corrected chi connectivity index (χ2v) is 16.3. The van der Waals surface area contributed by atoms with Crippen LogP contribution >= 0.6 is 7.37 Å². The highest BCUT2D eigenvalue weighted by atomic mass is 31.2. The first-order valence-corrected chi connectivity index (χ1v) is 19.8. The molecule has 0 spiro atoms. The number of anilines is 1. The molecule has 2 saturated heterocycles. The first-order valence-electron chi connectivity index (χ1n) is 17.8. The fourth-order valence-electron chi connectivity index (χ4n) is 6.16. The van der Waals surface area contributed by atoms with Crippen molar-refractivity contribution in [3.63, 3.8) is 0 Å². The van der Waals surface area contributed by atoms with Crippen molar-refractivity contribution in [1.29, 1.82) is 0 Å². The number of aliphatic hydroxyl groups is 7. The van der Waals surface area contributed by atoms with Crippen LogP contribution < -0.4 is 9.84 Å². The van der Waals surface area contributed by atoms with Gasteiger partial charge < -0.3 is 73.8 Å². The van der Waals surface area contributed by atoms with E-state index in [1.54, 1.807) is 62.6 Å². The minimum Gasteiger partial charge on any atom is -0.463 e. The van der Waals surface area contributed by atoms with Crippen LogP contribution in [0.1, 0.15) is 27.7 Å². The molecule has 0 bridgehead atoms. The van der Waals surface area contributed by atoms with Crippen LogP contribution in [0.5, 0.6) is 5.75 Å². The molecule has 2 fully saturated rings. The second kappa shape index (κ2) is 18.7. The van der Waals surface area contributed by atoms with E-state index in [1.165, 1.54) is 12.7 Å². The van der Waals surface area contributed by atoms with E-state index in [0.717, 1.165) is 0 Å². The zero-order valence-electron chi connectivity index (χ0n) is 30.7. The standard InChI is InChI=1S/C34H50N5O15P/c1-17(2)50-33(47)18(3)13-55(48,54-20-8-6-5-7-9-20)16-49-19(4)10-39-15-37-23-30(35-14-36-31(23)39)38-32-27(45)26(44)29(22(12-41)51-32)53-34-28(46)25(43)24(42)21(11-40)52-34/h5-9,14-15,17-19,21-22,24-29,32,34,40-46H,10-13,16H2,1-4H3,(H,35,36,38)/t18-,19-,21-,22-,24+,25+,26-,27-,28-,29-,32-,34+,55?/m1/s1. The Labute approximate surface area is 316 Å². The third kappa shape index (κ3) is 10.3. The van der Waals surface area contributed by atoms with E-state index in [1.807, 2.05) is 0 Å². The Morgan fingerprint density at radius 3 is 2.29 bits per heavy atom. The molecule has 1 unspecified atom stereocenters. The summed E-state index contributed by atoms with van der Waals surface area (Å²) in [6, 6.07) is 8.59. The minimum absolute atomic E-state index is 0.0987. The van der Waals surface area contributed by atoms with Crippen molar-refractivity contribution in [2.75, 3.05) is 31.0 Å². The van der Waals surface area contributed by atoms with Crippen molar-refractivity contribution in [1.82, 2.24) is 19.5 Å². The summed E-state index contributed by atoms with van der Waals surface area (Å²) < 4.78 is 49.8. The summed E-state index contributed by atoms with van der Waals surface area (Å²) in [5, 5.41) is 75.1. The highest BCUT2D eigenvalue weighted by Crippen LogP contribution is 2.49. The third-order valence-electron chi connectivity index (χ3n) is 9.02. The lowest BCUT2D eigenvalue weighted by Crippen LogP contribution is -2.65. The van der Waals surface area contributed by atoms with Crippen LogP contribution in [0.25, 0.3) is 11.2 Å². The van der Waals surface area contributed by atoms with Gasteiger partial charge in [-0.05, 0) is 32.9 Å². The van der Waals surface area contributed by atoms with Crippen molar-refractivity contribution < 1.29 is 73.3 Å². The van der Waals surface area contributed by atoms with Crippen LogP contribution in [0.2, 0.25) is 0 Å². The van der Waals surface area contributed by atoms with Gasteiger partial charge in [-0.1, -0.05) is 25.1 Å². The van der Waals surface area contributed by atoms with Crippen molar-refractivity contribution in [2.24, 2.45) is 5.92 Å². The number of nitrogens with one attached hydrogen (secondary N) is 1. The van der Waals surface area contributed by atoms with Gasteiger partial charge in [0.25, 0.3) is 7.37 Å². The molecule has 20 nitrogen and oxygen atoms in total. The van der Waals surface area contributed by atoms with Crippen molar-refractivity contribution >= 4 is 30.3 Å². The number of benzene rings is 1. The zero-order valence-corrected chi connectivity index (χ0v) is 31.6. The van der Waals surface area contributed by atoms with Gasteiger partial charge in [0.1, 0.15) is 72.8 Å². The summed E-state index contributed by atoms with van der Waals surface area (Å²) >= 11 is 0. The molecule has 2 aromatic heterocycles. The van der Waals surface area contributed by atoms with Gasteiger partial charge in [-0.3, -0.25) is 9.36 Å². The average molecular weight is 800 g/mol. The molecule has 2 aliphatic heterocycles. The highest BCUT2D eigenvalue weighted by molar-refractivity contribution is 7.59. The number of nitrogens with zero attached hydrogens (tertiary/aromatic N) is 4. The van der Waals surface area contributed by atoms with Gasteiger partial charge in [-0.2, -0.15) is 0 Å². The van der Waals surface area contributed by atoms with Crippen molar-refractivity contribution in [3.05, 3.63) is 43.0 Å². The van der Waals surface area contributed by atoms with Gasteiger partial charge in [0, 0.05) is 0 Å². The highest BCUT2D eigenvalue weighted by Gasteiger charge is 2.50. The Morgan fingerprint density at radius 2 is 1.62 bits per heavy atom. The first-order chi connectivity index (χ1) is 26.1. The number of carbonyl (C=O) groups excluding carboxylic acids is 1. The largest absolute Gasteiger partial charge is 0.463 e. The fraction of sp³-hybridized carbons (Fsp3) is 0.647. The summed E-state index contributed by atoms with van der Waals surface area (Å²) in [5.74, 6) is -0.757. The molecule has 55 heavy (non-hydrogen) atoms. The number of fused-ring (bicyclic) bond motifs is 1. The number of ether oxygens (including phenoxy) is 5. The number of aromatic nitrogens is 4. The van der Waals surface area contributed by atoms with E-state index in [-0.39, 0.29) is 36.5 Å². The molecule has 13 atom stereocenters. The zero-order chi connectivity index (χ0) is 40.0. The molecular weight excluding hydrogens is 749 g/mol. The van der Waals surface area contributed by atoms with Crippen LogP contribution in [0.3, 0.4) is 0 Å². The fourth-order valence-corrected chi connectivity index (χ4v) is 8.37. The number of aliphatic hydroxyl groups excluding tert-OH is 7. The molecule has 21 heteroatoms. The van der Waals surface area contributed by atoms with E-state index < -0.39 is 99.9 Å². The summed E-state index contributed by atoms with van der Waals surface area (Å²) in [5.41, 5.74) is 0.589. The van der Waals surface area contributed by atoms with Gasteiger partial charge >= 0.3 is 5.97 Å². The lowest BCUT2D eigenvalue weighted by molar-refractivity contribution is -0.340. The summed E-state index contributed by atoms with van der Waals surface area (Å²) in [6.45, 7) is 5.58. The number of carbonyl (C=O) groups is 1. The topological polar surface area (TPSA) is 287 Å². The molecule has 1 aromatic carbocycles.